The Morgan fingerprint density at radius 1 is 0.844 bits per heavy atom. The second kappa shape index (κ2) is 14.1. The summed E-state index contributed by atoms with van der Waals surface area (Å²) in [4.78, 5) is 12.6. The van der Waals surface area contributed by atoms with E-state index in [1.54, 1.807) is 62.6 Å². The highest BCUT2D eigenvalue weighted by molar-refractivity contribution is 7.69. The van der Waals surface area contributed by atoms with E-state index in [2.05, 4.69) is 0 Å². The number of rotatable bonds is 11. The summed E-state index contributed by atoms with van der Waals surface area (Å²) in [5.41, 5.74) is 2.35. The third-order valence-corrected chi connectivity index (χ3v) is 8.29. The molecule has 1 aromatic heterocycles. The Morgan fingerprint density at radius 2 is 1.56 bits per heavy atom. The van der Waals surface area contributed by atoms with Crippen molar-refractivity contribution in [3.8, 4) is 28.4 Å². The molecule has 0 saturated carbocycles. The van der Waals surface area contributed by atoms with Crippen LogP contribution in [-0.4, -0.2) is 23.9 Å². The lowest BCUT2D eigenvalue weighted by molar-refractivity contribution is 0.340. The number of hydrogen-bond acceptors (Lipinski definition) is 5. The number of halogens is 3. The number of nitrogens with zero attached hydrogens (tertiary/aromatic N) is 2. The monoisotopic (exact) mass is 650 g/mol. The fourth-order valence-corrected chi connectivity index (χ4v) is 5.92. The predicted octanol–water partition coefficient (Wildman–Crippen LogP) is 7.29. The van der Waals surface area contributed by atoms with Crippen LogP contribution in [0.3, 0.4) is 0 Å². The molecule has 0 spiro atoms. The van der Waals surface area contributed by atoms with Gasteiger partial charge in [0.25, 0.3) is 5.56 Å². The Balaban J connectivity index is 1.74. The molecule has 5 rings (SSSR count). The molecule has 11 heteroatoms. The van der Waals surface area contributed by atoms with E-state index in [0.717, 1.165) is 6.07 Å². The molecule has 7 nitrogen and oxygen atoms in total. The number of pyridine rings is 1. The van der Waals surface area contributed by atoms with Crippen LogP contribution in [0.1, 0.15) is 29.7 Å². The molecule has 0 bridgehead atoms. The van der Waals surface area contributed by atoms with Gasteiger partial charge in [0, 0.05) is 48.1 Å². The molecular weight excluding hydrogens is 622 g/mol. The van der Waals surface area contributed by atoms with Crippen LogP contribution in [0.4, 0.5) is 8.78 Å². The molecule has 232 valence electrons. The molecule has 0 amide bonds. The zero-order chi connectivity index (χ0) is 32.1. The molecule has 0 aliphatic heterocycles. The fourth-order valence-electron chi connectivity index (χ4n) is 5.00. The van der Waals surface area contributed by atoms with E-state index in [-0.39, 0.29) is 36.0 Å². The Bertz CT molecular complexity index is 1960. The molecule has 1 heterocycles. The first kappa shape index (κ1) is 31.9. The number of aromatic nitrogens is 1. The highest BCUT2D eigenvalue weighted by atomic mass is 35.5. The van der Waals surface area contributed by atoms with Crippen molar-refractivity contribution in [2.45, 2.75) is 19.5 Å². The van der Waals surface area contributed by atoms with Gasteiger partial charge >= 0.3 is 0 Å². The molecule has 0 N–H and O–H groups in total. The first-order chi connectivity index (χ1) is 21.7. The Morgan fingerprint density at radius 3 is 2.24 bits per heavy atom. The van der Waals surface area contributed by atoms with Crippen molar-refractivity contribution in [2.24, 2.45) is 7.05 Å². The summed E-state index contributed by atoms with van der Waals surface area (Å²) in [5, 5.41) is 0.420. The summed E-state index contributed by atoms with van der Waals surface area (Å²) in [6, 6.07) is 24.5. The molecule has 1 atom stereocenters. The van der Waals surface area contributed by atoms with Gasteiger partial charge in [-0.15, -0.1) is 0 Å². The molecule has 0 fully saturated rings. The van der Waals surface area contributed by atoms with Gasteiger partial charge in [0.05, 0.1) is 12.6 Å². The van der Waals surface area contributed by atoms with E-state index in [9.17, 15) is 22.0 Å². The van der Waals surface area contributed by atoms with Crippen LogP contribution in [0.15, 0.2) is 108 Å². The lowest BCUT2D eigenvalue weighted by Gasteiger charge is -2.29. The number of ether oxygens (including phenoxy) is 2. The minimum absolute atomic E-state index is 0.0175. The van der Waals surface area contributed by atoms with Crippen LogP contribution >= 0.6 is 11.6 Å². The van der Waals surface area contributed by atoms with Gasteiger partial charge in [0.2, 0.25) is 10.9 Å². The molecule has 0 saturated heterocycles. The zero-order valence-corrected chi connectivity index (χ0v) is 26.0. The van der Waals surface area contributed by atoms with Gasteiger partial charge in [-0.3, -0.25) is 4.79 Å². The standard InChI is InChI=1S/C34H29ClF2N2O5S/c1-3-43-32-19-33(40)38(2)21-27(32)26-17-23(13-15-30(26)44-31-16-14-25(36)18-29(31)37)34(22-9-5-4-6-10-22)39(45(41)42)20-24-11-7-8-12-28(24)35/h4-19,21,34,45H,3,20H2,1-2H3. The van der Waals surface area contributed by atoms with Gasteiger partial charge in [0.15, 0.2) is 11.6 Å². The van der Waals surface area contributed by atoms with E-state index in [0.29, 0.717) is 38.9 Å². The zero-order valence-electron chi connectivity index (χ0n) is 24.3. The number of thiol groups is 1. The fraction of sp³-hybridized carbons (Fsp3) is 0.147. The summed E-state index contributed by atoms with van der Waals surface area (Å²) < 4.78 is 68.7. The van der Waals surface area contributed by atoms with E-state index >= 15 is 0 Å². The summed E-state index contributed by atoms with van der Waals surface area (Å²) in [7, 11) is -1.56. The van der Waals surface area contributed by atoms with Crippen LogP contribution in [0.5, 0.6) is 17.2 Å². The summed E-state index contributed by atoms with van der Waals surface area (Å²) in [5.74, 6) is -1.48. The van der Waals surface area contributed by atoms with E-state index in [1.807, 2.05) is 30.3 Å². The smallest absolute Gasteiger partial charge is 0.254 e. The maximum Gasteiger partial charge on any atom is 0.254 e. The van der Waals surface area contributed by atoms with Crippen molar-refractivity contribution in [1.29, 1.82) is 0 Å². The van der Waals surface area contributed by atoms with Gasteiger partial charge in [-0.2, -0.15) is 4.31 Å². The SMILES string of the molecule is CCOc1cc(=O)n(C)cc1-c1cc(C(c2ccccc2)N(Cc2ccccc2Cl)[SH](=O)=O)ccc1Oc1ccc(F)cc1F. The van der Waals surface area contributed by atoms with Gasteiger partial charge in [0.1, 0.15) is 17.3 Å². The first-order valence-electron chi connectivity index (χ1n) is 14.0. The maximum absolute atomic E-state index is 14.7. The highest BCUT2D eigenvalue weighted by Crippen LogP contribution is 2.42. The number of hydrogen-bond donors (Lipinski definition) is 1. The number of benzene rings is 4. The highest BCUT2D eigenvalue weighted by Gasteiger charge is 2.28. The largest absolute Gasteiger partial charge is 0.493 e. The minimum Gasteiger partial charge on any atom is -0.493 e. The van der Waals surface area contributed by atoms with Gasteiger partial charge in [-0.05, 0) is 53.9 Å². The molecular formula is C34H29ClF2N2O5S. The van der Waals surface area contributed by atoms with Crippen LogP contribution in [-0.2, 0) is 24.5 Å². The molecule has 45 heavy (non-hydrogen) atoms. The summed E-state index contributed by atoms with van der Waals surface area (Å²) in [6.45, 7) is 2.00. The van der Waals surface area contributed by atoms with Crippen molar-refractivity contribution in [3.05, 3.63) is 147 Å². The van der Waals surface area contributed by atoms with Crippen LogP contribution < -0.4 is 15.0 Å². The predicted molar refractivity (Wildman–Crippen MR) is 170 cm³/mol. The van der Waals surface area contributed by atoms with Crippen LogP contribution in [0, 0.1) is 11.6 Å². The van der Waals surface area contributed by atoms with Crippen molar-refractivity contribution in [1.82, 2.24) is 8.87 Å². The molecule has 4 aromatic carbocycles. The van der Waals surface area contributed by atoms with Crippen molar-refractivity contribution >= 4 is 22.5 Å². The minimum atomic E-state index is -3.14. The molecule has 1 unspecified atom stereocenters. The van der Waals surface area contributed by atoms with Gasteiger partial charge < -0.3 is 14.0 Å². The summed E-state index contributed by atoms with van der Waals surface area (Å²) in [6.07, 6.45) is 1.56. The Labute approximate surface area is 265 Å². The molecule has 0 aliphatic carbocycles. The Hall–Kier alpha value is -4.51. The second-order valence-electron chi connectivity index (χ2n) is 10.1. The lowest BCUT2D eigenvalue weighted by Crippen LogP contribution is -2.28. The van der Waals surface area contributed by atoms with E-state index < -0.39 is 28.6 Å². The van der Waals surface area contributed by atoms with Gasteiger partial charge in [-0.1, -0.05) is 66.2 Å². The molecule has 0 aliphatic rings. The lowest BCUT2D eigenvalue weighted by atomic mass is 9.94. The average Bonchev–Trinajstić information content (AvgIpc) is 3.02. The van der Waals surface area contributed by atoms with E-state index in [4.69, 9.17) is 21.1 Å². The van der Waals surface area contributed by atoms with Gasteiger partial charge in [-0.25, -0.2) is 17.2 Å². The Kier molecular flexibility index (Phi) is 9.97. The molecule has 0 radical (unpaired) electrons. The van der Waals surface area contributed by atoms with Crippen LogP contribution in [0.2, 0.25) is 5.02 Å². The maximum atomic E-state index is 14.7. The normalized spacial score (nSPS) is 12.0. The second-order valence-corrected chi connectivity index (χ2v) is 11.5. The van der Waals surface area contributed by atoms with Crippen molar-refractivity contribution in [2.75, 3.05) is 6.61 Å². The van der Waals surface area contributed by atoms with Crippen molar-refractivity contribution in [3.63, 3.8) is 0 Å². The third-order valence-electron chi connectivity index (χ3n) is 7.13. The number of aryl methyl sites for hydroxylation is 1. The topological polar surface area (TPSA) is 77.8 Å². The molecule has 5 aromatic rings. The van der Waals surface area contributed by atoms with Crippen LogP contribution in [0.25, 0.3) is 11.1 Å². The average molecular weight is 651 g/mol. The van der Waals surface area contributed by atoms with E-state index in [1.165, 1.54) is 21.0 Å². The summed E-state index contributed by atoms with van der Waals surface area (Å²) >= 11 is 6.43. The van der Waals surface area contributed by atoms with Crippen molar-refractivity contribution < 1.29 is 26.7 Å². The quantitative estimate of drug-likeness (QED) is 0.152. The first-order valence-corrected chi connectivity index (χ1v) is 15.5. The third kappa shape index (κ3) is 7.25.